The zero-order chi connectivity index (χ0) is 10.0. The number of aliphatic hydroxyl groups is 1. The lowest BCUT2D eigenvalue weighted by atomic mass is 10.2. The highest BCUT2D eigenvalue weighted by Gasteiger charge is 2.35. The van der Waals surface area contributed by atoms with Gasteiger partial charge in [-0.25, -0.2) is 4.79 Å². The summed E-state index contributed by atoms with van der Waals surface area (Å²) in [4.78, 5) is 23.2. The number of hydrogen-bond acceptors (Lipinski definition) is 3. The van der Waals surface area contributed by atoms with Crippen molar-refractivity contribution in [1.82, 2.24) is 4.90 Å². The first-order valence-electron chi connectivity index (χ1n) is 4.25. The van der Waals surface area contributed by atoms with E-state index in [0.29, 0.717) is 19.4 Å². The molecule has 1 rings (SSSR count). The van der Waals surface area contributed by atoms with Crippen molar-refractivity contribution in [2.75, 3.05) is 6.54 Å². The molecule has 0 aromatic rings. The molecule has 1 saturated heterocycles. The maximum absolute atomic E-state index is 11.3. The van der Waals surface area contributed by atoms with Crippen LogP contribution >= 0.6 is 0 Å². The highest BCUT2D eigenvalue weighted by molar-refractivity contribution is 5.86. The average Bonchev–Trinajstić information content (AvgIpc) is 2.50. The number of rotatable bonds is 2. The number of carbonyl (C=O) groups excluding carboxylic acids is 1. The topological polar surface area (TPSA) is 77.8 Å². The Kier molecular flexibility index (Phi) is 2.87. The van der Waals surface area contributed by atoms with Crippen molar-refractivity contribution in [3.05, 3.63) is 0 Å². The highest BCUT2D eigenvalue weighted by Crippen LogP contribution is 2.18. The van der Waals surface area contributed by atoms with Gasteiger partial charge >= 0.3 is 5.97 Å². The Morgan fingerprint density at radius 2 is 2.15 bits per heavy atom. The second-order valence-electron chi connectivity index (χ2n) is 3.20. The number of carboxylic acids is 1. The number of carboxylic acid groups (broad SMARTS) is 1. The van der Waals surface area contributed by atoms with Crippen LogP contribution < -0.4 is 0 Å². The predicted molar refractivity (Wildman–Crippen MR) is 44.1 cm³/mol. The number of amides is 1. The van der Waals surface area contributed by atoms with Crippen LogP contribution in [0.3, 0.4) is 0 Å². The van der Waals surface area contributed by atoms with Gasteiger partial charge in [-0.1, -0.05) is 0 Å². The third kappa shape index (κ3) is 1.98. The van der Waals surface area contributed by atoms with Crippen LogP contribution in [-0.4, -0.2) is 45.7 Å². The first kappa shape index (κ1) is 9.98. The van der Waals surface area contributed by atoms with E-state index in [2.05, 4.69) is 0 Å². The monoisotopic (exact) mass is 187 g/mol. The number of hydrogen-bond donors (Lipinski definition) is 2. The molecule has 2 atom stereocenters. The summed E-state index contributed by atoms with van der Waals surface area (Å²) in [6.45, 7) is 1.78. The van der Waals surface area contributed by atoms with Crippen LogP contribution in [0.15, 0.2) is 0 Å². The van der Waals surface area contributed by atoms with E-state index < -0.39 is 24.0 Å². The van der Waals surface area contributed by atoms with Crippen molar-refractivity contribution in [3.8, 4) is 0 Å². The van der Waals surface area contributed by atoms with Crippen molar-refractivity contribution >= 4 is 11.9 Å². The van der Waals surface area contributed by atoms with Gasteiger partial charge in [0.1, 0.15) is 12.1 Å². The average molecular weight is 187 g/mol. The van der Waals surface area contributed by atoms with E-state index >= 15 is 0 Å². The zero-order valence-electron chi connectivity index (χ0n) is 7.43. The fourth-order valence-corrected chi connectivity index (χ4v) is 1.53. The molecule has 0 unspecified atom stereocenters. The summed E-state index contributed by atoms with van der Waals surface area (Å²) in [6.07, 6.45) is 0.0587. The number of carbonyl (C=O) groups is 2. The number of nitrogens with zero attached hydrogens (tertiary/aromatic N) is 1. The van der Waals surface area contributed by atoms with Gasteiger partial charge in [-0.15, -0.1) is 0 Å². The van der Waals surface area contributed by atoms with Gasteiger partial charge in [-0.05, 0) is 19.8 Å². The lowest BCUT2D eigenvalue weighted by molar-refractivity contribution is -0.151. The molecule has 1 amide bonds. The van der Waals surface area contributed by atoms with Crippen molar-refractivity contribution in [2.24, 2.45) is 0 Å². The third-order valence-electron chi connectivity index (χ3n) is 2.18. The largest absolute Gasteiger partial charge is 0.480 e. The molecule has 0 bridgehead atoms. The Labute approximate surface area is 76.0 Å². The highest BCUT2D eigenvalue weighted by atomic mass is 16.4. The van der Waals surface area contributed by atoms with Crippen LogP contribution in [0, 0.1) is 0 Å². The van der Waals surface area contributed by atoms with Crippen LogP contribution in [0.2, 0.25) is 0 Å². The molecule has 0 radical (unpaired) electrons. The van der Waals surface area contributed by atoms with Crippen LogP contribution in [0.25, 0.3) is 0 Å². The van der Waals surface area contributed by atoms with Gasteiger partial charge in [0.15, 0.2) is 0 Å². The molecule has 13 heavy (non-hydrogen) atoms. The second-order valence-corrected chi connectivity index (χ2v) is 3.20. The Morgan fingerprint density at radius 1 is 1.54 bits per heavy atom. The van der Waals surface area contributed by atoms with Gasteiger partial charge < -0.3 is 15.1 Å². The summed E-state index contributed by atoms with van der Waals surface area (Å²) in [5.41, 5.74) is 0. The maximum Gasteiger partial charge on any atom is 0.326 e. The molecule has 0 saturated carbocycles. The van der Waals surface area contributed by atoms with Gasteiger partial charge in [0.25, 0.3) is 5.91 Å². The van der Waals surface area contributed by atoms with Crippen molar-refractivity contribution in [1.29, 1.82) is 0 Å². The van der Waals surface area contributed by atoms with Crippen LogP contribution in [-0.2, 0) is 9.59 Å². The quantitative estimate of drug-likeness (QED) is 0.607. The molecule has 0 spiro atoms. The number of aliphatic carboxylic acids is 1. The van der Waals surface area contributed by atoms with E-state index in [-0.39, 0.29) is 0 Å². The zero-order valence-corrected chi connectivity index (χ0v) is 7.43. The minimum Gasteiger partial charge on any atom is -0.480 e. The Bertz CT molecular complexity index is 226. The van der Waals surface area contributed by atoms with Gasteiger partial charge in [-0.2, -0.15) is 0 Å². The molecule has 2 N–H and O–H groups in total. The molecule has 1 aliphatic heterocycles. The number of aliphatic hydroxyl groups excluding tert-OH is 1. The number of likely N-dealkylation sites (tertiary alicyclic amines) is 1. The van der Waals surface area contributed by atoms with Gasteiger partial charge in [0.05, 0.1) is 0 Å². The summed E-state index contributed by atoms with van der Waals surface area (Å²) in [5, 5.41) is 17.7. The molecule has 1 fully saturated rings. The normalized spacial score (nSPS) is 24.5. The molecule has 74 valence electrons. The predicted octanol–water partition coefficient (Wildman–Crippen LogP) is -0.557. The standard InChI is InChI=1S/C8H13NO4/c1-5(10)7(11)9-4-2-3-6(9)8(12)13/h5-6,10H,2-4H2,1H3,(H,12,13)/t5-,6+/m1/s1. The van der Waals surface area contributed by atoms with Crippen LogP contribution in [0.1, 0.15) is 19.8 Å². The van der Waals surface area contributed by atoms with E-state index in [1.54, 1.807) is 0 Å². The SMILES string of the molecule is C[C@@H](O)C(=O)N1CCC[C@H]1C(=O)O. The van der Waals surface area contributed by atoms with Crippen LogP contribution in [0.5, 0.6) is 0 Å². The first-order chi connectivity index (χ1) is 6.04. The molecular weight excluding hydrogens is 174 g/mol. The van der Waals surface area contributed by atoms with E-state index in [1.165, 1.54) is 11.8 Å². The maximum atomic E-state index is 11.3. The molecular formula is C8H13NO4. The molecule has 0 aliphatic carbocycles. The molecule has 5 nitrogen and oxygen atoms in total. The minimum atomic E-state index is -1.11. The lowest BCUT2D eigenvalue weighted by Crippen LogP contribution is -2.44. The van der Waals surface area contributed by atoms with Gasteiger partial charge in [0.2, 0.25) is 0 Å². The fraction of sp³-hybridized carbons (Fsp3) is 0.750. The van der Waals surface area contributed by atoms with E-state index in [4.69, 9.17) is 10.2 Å². The van der Waals surface area contributed by atoms with Gasteiger partial charge in [0, 0.05) is 6.54 Å². The van der Waals surface area contributed by atoms with E-state index in [9.17, 15) is 9.59 Å². The summed E-state index contributed by atoms with van der Waals surface area (Å²) >= 11 is 0. The summed E-state index contributed by atoms with van der Waals surface area (Å²) in [5.74, 6) is -1.49. The molecule has 1 aliphatic rings. The first-order valence-corrected chi connectivity index (χ1v) is 4.25. The Balaban J connectivity index is 2.68. The third-order valence-corrected chi connectivity index (χ3v) is 2.18. The Morgan fingerprint density at radius 3 is 2.62 bits per heavy atom. The Hall–Kier alpha value is -1.10. The van der Waals surface area contributed by atoms with Crippen LogP contribution in [0.4, 0.5) is 0 Å². The van der Waals surface area contributed by atoms with Crippen molar-refractivity contribution < 1.29 is 19.8 Å². The van der Waals surface area contributed by atoms with E-state index in [0.717, 1.165) is 0 Å². The molecule has 5 heteroatoms. The minimum absolute atomic E-state index is 0.431. The van der Waals surface area contributed by atoms with Crippen molar-refractivity contribution in [2.45, 2.75) is 31.9 Å². The van der Waals surface area contributed by atoms with Crippen molar-refractivity contribution in [3.63, 3.8) is 0 Å². The smallest absolute Gasteiger partial charge is 0.326 e. The molecule has 0 aromatic carbocycles. The summed E-state index contributed by atoms with van der Waals surface area (Å²) in [6, 6.07) is -0.748. The lowest BCUT2D eigenvalue weighted by Gasteiger charge is -2.22. The van der Waals surface area contributed by atoms with E-state index in [1.807, 2.05) is 0 Å². The molecule has 0 aromatic heterocycles. The summed E-state index contributed by atoms with van der Waals surface area (Å²) < 4.78 is 0. The fourth-order valence-electron chi connectivity index (χ4n) is 1.53. The van der Waals surface area contributed by atoms with Gasteiger partial charge in [-0.3, -0.25) is 4.79 Å². The second kappa shape index (κ2) is 3.74. The molecule has 1 heterocycles. The summed E-state index contributed by atoms with van der Waals surface area (Å²) in [7, 11) is 0.